The van der Waals surface area contributed by atoms with E-state index in [0.29, 0.717) is 12.3 Å². The molecule has 1 N–H and O–H groups in total. The summed E-state index contributed by atoms with van der Waals surface area (Å²) in [7, 11) is 0. The highest BCUT2D eigenvalue weighted by Gasteiger charge is 2.22. The fourth-order valence-electron chi connectivity index (χ4n) is 3.40. The lowest BCUT2D eigenvalue weighted by molar-refractivity contribution is -0.384. The number of fused-ring (bicyclic) bond motifs is 1. The summed E-state index contributed by atoms with van der Waals surface area (Å²) in [6, 6.07) is 8.03. The van der Waals surface area contributed by atoms with Crippen molar-refractivity contribution in [2.24, 2.45) is 0 Å². The molecule has 0 aliphatic carbocycles. The van der Waals surface area contributed by atoms with E-state index in [1.54, 1.807) is 29.8 Å². The minimum Gasteiger partial charge on any atom is -0.491 e. The van der Waals surface area contributed by atoms with Crippen LogP contribution in [-0.4, -0.2) is 70.3 Å². The number of non-ortho nitro benzene ring substituents is 1. The fraction of sp³-hybridized carbons (Fsp3) is 0.368. The van der Waals surface area contributed by atoms with Gasteiger partial charge in [-0.25, -0.2) is 9.97 Å². The van der Waals surface area contributed by atoms with Crippen LogP contribution in [0.25, 0.3) is 10.2 Å². The molecule has 1 saturated heterocycles. The van der Waals surface area contributed by atoms with E-state index >= 15 is 0 Å². The third-order valence-electron chi connectivity index (χ3n) is 4.85. The molecule has 1 aromatic carbocycles. The van der Waals surface area contributed by atoms with Crippen LogP contribution < -0.4 is 9.64 Å². The van der Waals surface area contributed by atoms with Gasteiger partial charge in [-0.15, -0.1) is 11.3 Å². The number of hydrogen-bond acceptors (Lipinski definition) is 9. The lowest BCUT2D eigenvalue weighted by atomic mass is 10.2. The van der Waals surface area contributed by atoms with Gasteiger partial charge in [0.2, 0.25) is 0 Å². The lowest BCUT2D eigenvalue weighted by Crippen LogP contribution is -2.49. The Balaban J connectivity index is 1.27. The van der Waals surface area contributed by atoms with E-state index in [9.17, 15) is 15.2 Å². The number of β-amino-alcohol motifs (C(OH)–C–C–N with tert-alkyl or cyclic N) is 1. The van der Waals surface area contributed by atoms with E-state index in [-0.39, 0.29) is 12.3 Å². The van der Waals surface area contributed by atoms with Crippen LogP contribution in [0.2, 0.25) is 0 Å². The molecule has 3 heterocycles. The van der Waals surface area contributed by atoms with Crippen LogP contribution in [0.5, 0.6) is 5.75 Å². The zero-order valence-electron chi connectivity index (χ0n) is 15.7. The summed E-state index contributed by atoms with van der Waals surface area (Å²) >= 11 is 1.61. The Kier molecular flexibility index (Phi) is 5.84. The second-order valence-corrected chi connectivity index (χ2v) is 7.74. The summed E-state index contributed by atoms with van der Waals surface area (Å²) in [5.74, 6) is 1.34. The van der Waals surface area contributed by atoms with Gasteiger partial charge >= 0.3 is 0 Å². The SMILES string of the molecule is O=[N+]([O-])c1cccc(OCC(O)CN2CCN(c3ncnc4sccc34)CC2)c1. The topological polar surface area (TPSA) is 105 Å². The van der Waals surface area contributed by atoms with Crippen molar-refractivity contribution in [3.63, 3.8) is 0 Å². The largest absolute Gasteiger partial charge is 0.491 e. The number of aromatic nitrogens is 2. The molecular weight excluding hydrogens is 394 g/mol. The molecule has 0 bridgehead atoms. The van der Waals surface area contributed by atoms with E-state index in [0.717, 1.165) is 42.2 Å². The highest BCUT2D eigenvalue weighted by atomic mass is 32.1. The maximum atomic E-state index is 10.8. The molecule has 9 nitrogen and oxygen atoms in total. The highest BCUT2D eigenvalue weighted by Crippen LogP contribution is 2.27. The normalized spacial score (nSPS) is 16.1. The van der Waals surface area contributed by atoms with Crippen molar-refractivity contribution in [3.05, 3.63) is 52.2 Å². The van der Waals surface area contributed by atoms with Crippen molar-refractivity contribution < 1.29 is 14.8 Å². The molecule has 152 valence electrons. The summed E-state index contributed by atoms with van der Waals surface area (Å²) in [4.78, 5) is 24.5. The van der Waals surface area contributed by atoms with Crippen molar-refractivity contribution in [2.45, 2.75) is 6.10 Å². The molecular formula is C19H21N5O4S. The van der Waals surface area contributed by atoms with Crippen LogP contribution in [0.4, 0.5) is 11.5 Å². The third-order valence-corrected chi connectivity index (χ3v) is 5.67. The number of benzene rings is 1. The first-order valence-electron chi connectivity index (χ1n) is 9.31. The Morgan fingerprint density at radius 2 is 2.07 bits per heavy atom. The number of aliphatic hydroxyl groups excluding tert-OH is 1. The molecule has 1 aliphatic rings. The average molecular weight is 415 g/mol. The zero-order chi connectivity index (χ0) is 20.2. The van der Waals surface area contributed by atoms with Crippen molar-refractivity contribution in [2.75, 3.05) is 44.2 Å². The number of nitro groups is 1. The number of piperazine rings is 1. The maximum absolute atomic E-state index is 10.8. The fourth-order valence-corrected chi connectivity index (χ4v) is 4.13. The van der Waals surface area contributed by atoms with Crippen molar-refractivity contribution in [3.8, 4) is 5.75 Å². The molecule has 10 heteroatoms. The molecule has 0 saturated carbocycles. The highest BCUT2D eigenvalue weighted by molar-refractivity contribution is 7.16. The van der Waals surface area contributed by atoms with Gasteiger partial charge in [-0.1, -0.05) is 6.07 Å². The molecule has 4 rings (SSSR count). The summed E-state index contributed by atoms with van der Waals surface area (Å²) in [5.41, 5.74) is -0.0300. The molecule has 3 aromatic rings. The maximum Gasteiger partial charge on any atom is 0.273 e. The van der Waals surface area contributed by atoms with Crippen molar-refractivity contribution in [1.29, 1.82) is 0 Å². The molecule has 1 atom stereocenters. The van der Waals surface area contributed by atoms with E-state index in [2.05, 4.69) is 25.8 Å². The lowest BCUT2D eigenvalue weighted by Gasteiger charge is -2.36. The summed E-state index contributed by atoms with van der Waals surface area (Å²) in [5, 5.41) is 24.2. The summed E-state index contributed by atoms with van der Waals surface area (Å²) < 4.78 is 5.52. The number of aliphatic hydroxyl groups is 1. The third kappa shape index (κ3) is 4.61. The van der Waals surface area contributed by atoms with Crippen LogP contribution in [0.3, 0.4) is 0 Å². The number of rotatable bonds is 7. The molecule has 0 radical (unpaired) electrons. The smallest absolute Gasteiger partial charge is 0.273 e. The Bertz CT molecular complexity index is 989. The predicted molar refractivity (Wildman–Crippen MR) is 111 cm³/mol. The molecule has 2 aromatic heterocycles. The van der Waals surface area contributed by atoms with Gasteiger partial charge in [0.1, 0.15) is 35.4 Å². The number of hydrogen-bond donors (Lipinski definition) is 1. The molecule has 0 spiro atoms. The first kappa shape index (κ1) is 19.5. The molecule has 0 amide bonds. The van der Waals surface area contributed by atoms with Crippen molar-refractivity contribution >= 4 is 33.1 Å². The summed E-state index contributed by atoms with van der Waals surface area (Å²) in [6.07, 6.45) is 0.929. The van der Waals surface area contributed by atoms with E-state index < -0.39 is 11.0 Å². The van der Waals surface area contributed by atoms with E-state index in [1.165, 1.54) is 12.1 Å². The van der Waals surface area contributed by atoms with Gasteiger partial charge < -0.3 is 14.7 Å². The zero-order valence-corrected chi connectivity index (χ0v) is 16.5. The number of nitrogens with zero attached hydrogens (tertiary/aromatic N) is 5. The summed E-state index contributed by atoms with van der Waals surface area (Å²) in [6.45, 7) is 3.83. The second kappa shape index (κ2) is 8.68. The van der Waals surface area contributed by atoms with E-state index in [1.807, 2.05) is 5.38 Å². The molecule has 29 heavy (non-hydrogen) atoms. The predicted octanol–water partition coefficient (Wildman–Crippen LogP) is 2.16. The van der Waals surface area contributed by atoms with Crippen LogP contribution >= 0.6 is 11.3 Å². The minimum atomic E-state index is -0.677. The van der Waals surface area contributed by atoms with Gasteiger partial charge in [0.05, 0.1) is 16.4 Å². The Morgan fingerprint density at radius 1 is 1.24 bits per heavy atom. The number of nitro benzene ring substituents is 1. The number of thiophene rings is 1. The van der Waals surface area contributed by atoms with Gasteiger partial charge in [-0.3, -0.25) is 15.0 Å². The molecule has 1 fully saturated rings. The number of ether oxygens (including phenoxy) is 1. The standard InChI is InChI=1S/C19H21N5O4S/c25-15(12-28-16-3-1-2-14(10-16)24(26)27)11-22-5-7-23(8-6-22)18-17-4-9-29-19(17)21-13-20-18/h1-4,9-10,13,15,25H,5-8,11-12H2. The average Bonchev–Trinajstić information content (AvgIpc) is 3.22. The van der Waals surface area contributed by atoms with Crippen LogP contribution in [0, 0.1) is 10.1 Å². The van der Waals surface area contributed by atoms with Crippen molar-refractivity contribution in [1.82, 2.24) is 14.9 Å². The quantitative estimate of drug-likeness (QED) is 0.462. The Morgan fingerprint density at radius 3 is 2.86 bits per heavy atom. The van der Waals surface area contributed by atoms with Gasteiger partial charge in [0, 0.05) is 38.8 Å². The second-order valence-electron chi connectivity index (χ2n) is 6.84. The van der Waals surface area contributed by atoms with Crippen LogP contribution in [0.15, 0.2) is 42.0 Å². The van der Waals surface area contributed by atoms with Crippen LogP contribution in [0.1, 0.15) is 0 Å². The molecule has 1 aliphatic heterocycles. The molecule has 1 unspecified atom stereocenters. The first-order chi connectivity index (χ1) is 14.1. The van der Waals surface area contributed by atoms with Gasteiger partial charge in [0.15, 0.2) is 0 Å². The van der Waals surface area contributed by atoms with Crippen LogP contribution in [-0.2, 0) is 0 Å². The number of anilines is 1. The van der Waals surface area contributed by atoms with Gasteiger partial charge in [-0.05, 0) is 17.5 Å². The monoisotopic (exact) mass is 415 g/mol. The minimum absolute atomic E-state index is 0.0300. The van der Waals surface area contributed by atoms with Gasteiger partial charge in [0.25, 0.3) is 5.69 Å². The Labute approximate surface area is 171 Å². The van der Waals surface area contributed by atoms with E-state index in [4.69, 9.17) is 4.74 Å². The Hall–Kier alpha value is -2.82. The van der Waals surface area contributed by atoms with Gasteiger partial charge in [-0.2, -0.15) is 0 Å². The first-order valence-corrected chi connectivity index (χ1v) is 10.2.